The number of nitrogens with one attached hydrogen (secondary N) is 1. The monoisotopic (exact) mass is 402 g/mol. The molecule has 1 N–H and O–H groups in total. The van der Waals surface area contributed by atoms with Crippen molar-refractivity contribution in [3.05, 3.63) is 77.5 Å². The van der Waals surface area contributed by atoms with Crippen LogP contribution in [0.25, 0.3) is 11.3 Å². The molecule has 7 heteroatoms. The molecule has 0 bridgehead atoms. The lowest BCUT2D eigenvalue weighted by molar-refractivity contribution is -0.130. The zero-order chi connectivity index (χ0) is 21.3. The van der Waals surface area contributed by atoms with Crippen molar-refractivity contribution in [1.29, 1.82) is 5.26 Å². The van der Waals surface area contributed by atoms with Crippen molar-refractivity contribution in [2.75, 3.05) is 13.1 Å². The van der Waals surface area contributed by atoms with E-state index in [1.165, 1.54) is 0 Å². The molecule has 30 heavy (non-hydrogen) atoms. The number of nitriles is 1. The van der Waals surface area contributed by atoms with Gasteiger partial charge >= 0.3 is 0 Å². The molecular formula is C23H22N4O3. The van der Waals surface area contributed by atoms with Crippen molar-refractivity contribution in [1.82, 2.24) is 15.4 Å². The first-order chi connectivity index (χ1) is 14.6. The van der Waals surface area contributed by atoms with Crippen LogP contribution in [0.1, 0.15) is 35.0 Å². The van der Waals surface area contributed by atoms with Crippen LogP contribution in [0.4, 0.5) is 0 Å². The van der Waals surface area contributed by atoms with Crippen molar-refractivity contribution in [3.63, 3.8) is 0 Å². The minimum atomic E-state index is -0.468. The molecule has 0 aliphatic carbocycles. The summed E-state index contributed by atoms with van der Waals surface area (Å²) in [4.78, 5) is 26.7. The normalized spacial score (nSPS) is 10.3. The quantitative estimate of drug-likeness (QED) is 0.623. The van der Waals surface area contributed by atoms with Crippen molar-refractivity contribution in [3.8, 4) is 17.4 Å². The number of aromatic nitrogens is 1. The average molecular weight is 402 g/mol. The summed E-state index contributed by atoms with van der Waals surface area (Å²) in [6.07, 6.45) is 0.791. The number of carbonyl (C=O) groups excluding carboxylic acids is 2. The van der Waals surface area contributed by atoms with Gasteiger partial charge in [0.15, 0.2) is 11.5 Å². The minimum absolute atomic E-state index is 0.121. The summed E-state index contributed by atoms with van der Waals surface area (Å²) in [6, 6.07) is 20.1. The van der Waals surface area contributed by atoms with Gasteiger partial charge < -0.3 is 14.7 Å². The molecule has 0 unspecified atom stereocenters. The molecule has 0 saturated carbocycles. The molecule has 0 saturated heterocycles. The van der Waals surface area contributed by atoms with Crippen molar-refractivity contribution < 1.29 is 14.1 Å². The largest absolute Gasteiger partial charge is 0.355 e. The summed E-state index contributed by atoms with van der Waals surface area (Å²) < 4.78 is 5.23. The Morgan fingerprint density at radius 1 is 1.13 bits per heavy atom. The second kappa shape index (κ2) is 10.0. The lowest BCUT2D eigenvalue weighted by atomic mass is 10.1. The second-order valence-electron chi connectivity index (χ2n) is 6.75. The number of nitrogens with zero attached hydrogens (tertiary/aromatic N) is 3. The van der Waals surface area contributed by atoms with Crippen LogP contribution in [0.5, 0.6) is 0 Å². The third-order valence-corrected chi connectivity index (χ3v) is 4.50. The number of amides is 2. The minimum Gasteiger partial charge on any atom is -0.355 e. The highest BCUT2D eigenvalue weighted by molar-refractivity contribution is 5.95. The molecule has 1 heterocycles. The third-order valence-electron chi connectivity index (χ3n) is 4.50. The zero-order valence-corrected chi connectivity index (χ0v) is 16.7. The second-order valence-corrected chi connectivity index (χ2v) is 6.75. The van der Waals surface area contributed by atoms with E-state index in [2.05, 4.69) is 16.5 Å². The predicted molar refractivity (Wildman–Crippen MR) is 111 cm³/mol. The number of hydrogen-bond acceptors (Lipinski definition) is 5. The van der Waals surface area contributed by atoms with Crippen LogP contribution >= 0.6 is 0 Å². The van der Waals surface area contributed by atoms with Gasteiger partial charge in [-0.15, -0.1) is 0 Å². The molecule has 0 atom stereocenters. The van der Waals surface area contributed by atoms with Crippen LogP contribution in [0.15, 0.2) is 65.2 Å². The van der Waals surface area contributed by atoms with E-state index < -0.39 is 5.91 Å². The van der Waals surface area contributed by atoms with E-state index in [-0.39, 0.29) is 18.1 Å². The zero-order valence-electron chi connectivity index (χ0n) is 16.7. The summed E-state index contributed by atoms with van der Waals surface area (Å²) in [7, 11) is 0. The Bertz CT molecular complexity index is 1040. The highest BCUT2D eigenvalue weighted by Crippen LogP contribution is 2.19. The molecule has 0 aliphatic heterocycles. The fourth-order valence-corrected chi connectivity index (χ4v) is 2.95. The summed E-state index contributed by atoms with van der Waals surface area (Å²) in [5.74, 6) is -0.175. The van der Waals surface area contributed by atoms with Crippen LogP contribution in [0.2, 0.25) is 0 Å². The number of benzene rings is 2. The molecule has 3 rings (SSSR count). The molecule has 2 amide bonds. The maximum absolute atomic E-state index is 12.6. The van der Waals surface area contributed by atoms with E-state index >= 15 is 0 Å². The molecule has 7 nitrogen and oxygen atoms in total. The van der Waals surface area contributed by atoms with Crippen LogP contribution in [0.3, 0.4) is 0 Å². The molecule has 0 fully saturated rings. The van der Waals surface area contributed by atoms with E-state index in [1.807, 2.05) is 49.4 Å². The Hall–Kier alpha value is -3.92. The Labute approximate surface area is 174 Å². The first-order valence-electron chi connectivity index (χ1n) is 9.68. The third kappa shape index (κ3) is 5.32. The Morgan fingerprint density at radius 3 is 2.53 bits per heavy atom. The lowest BCUT2D eigenvalue weighted by Gasteiger charge is -2.22. The SMILES string of the molecule is CCCN(Cc1ccc(C#N)cc1)C(=O)CNC(=O)c1cc(-c2ccccc2)on1. The number of rotatable bonds is 8. The maximum Gasteiger partial charge on any atom is 0.273 e. The van der Waals surface area contributed by atoms with Gasteiger partial charge in [0.2, 0.25) is 5.91 Å². The fourth-order valence-electron chi connectivity index (χ4n) is 2.95. The smallest absolute Gasteiger partial charge is 0.273 e. The highest BCUT2D eigenvalue weighted by Gasteiger charge is 2.17. The maximum atomic E-state index is 12.6. The molecule has 1 aromatic heterocycles. The first kappa shape index (κ1) is 20.8. The molecule has 3 aromatic rings. The van der Waals surface area contributed by atoms with Gasteiger partial charge in [0.25, 0.3) is 5.91 Å². The fraction of sp³-hybridized carbons (Fsp3) is 0.217. The molecular weight excluding hydrogens is 380 g/mol. The van der Waals surface area contributed by atoms with Gasteiger partial charge in [-0.3, -0.25) is 9.59 Å². The van der Waals surface area contributed by atoms with Crippen LogP contribution < -0.4 is 5.32 Å². The molecule has 0 radical (unpaired) electrons. The molecule has 2 aromatic carbocycles. The lowest BCUT2D eigenvalue weighted by Crippen LogP contribution is -2.40. The van der Waals surface area contributed by atoms with Crippen molar-refractivity contribution >= 4 is 11.8 Å². The summed E-state index contributed by atoms with van der Waals surface area (Å²) in [5, 5.41) is 15.3. The van der Waals surface area contributed by atoms with E-state index in [0.717, 1.165) is 17.5 Å². The van der Waals surface area contributed by atoms with Gasteiger partial charge in [0.05, 0.1) is 18.2 Å². The van der Waals surface area contributed by atoms with Gasteiger partial charge in [0.1, 0.15) is 0 Å². The van der Waals surface area contributed by atoms with Gasteiger partial charge in [-0.1, -0.05) is 54.5 Å². The number of hydrogen-bond donors (Lipinski definition) is 1. The van der Waals surface area contributed by atoms with Gasteiger partial charge in [0, 0.05) is 24.7 Å². The van der Waals surface area contributed by atoms with Gasteiger partial charge in [-0.25, -0.2) is 0 Å². The van der Waals surface area contributed by atoms with E-state index in [0.29, 0.717) is 24.4 Å². The van der Waals surface area contributed by atoms with Crippen LogP contribution in [-0.4, -0.2) is 35.0 Å². The average Bonchev–Trinajstić information content (AvgIpc) is 3.28. The summed E-state index contributed by atoms with van der Waals surface area (Å²) in [6.45, 7) is 2.83. The van der Waals surface area contributed by atoms with Crippen molar-refractivity contribution in [2.45, 2.75) is 19.9 Å². The van der Waals surface area contributed by atoms with Crippen LogP contribution in [0, 0.1) is 11.3 Å². The van der Waals surface area contributed by atoms with Crippen molar-refractivity contribution in [2.24, 2.45) is 0 Å². The summed E-state index contributed by atoms with van der Waals surface area (Å²) in [5.41, 5.74) is 2.43. The standard InChI is InChI=1S/C23H22N4O3/c1-2-12-27(16-18-10-8-17(14-24)9-11-18)22(28)15-25-23(29)20-13-21(30-26-20)19-6-4-3-5-7-19/h3-11,13H,2,12,15-16H2,1H3,(H,25,29). The van der Waals surface area contributed by atoms with E-state index in [4.69, 9.17) is 9.78 Å². The predicted octanol–water partition coefficient (Wildman–Crippen LogP) is 3.38. The van der Waals surface area contributed by atoms with Gasteiger partial charge in [-0.05, 0) is 24.1 Å². The Balaban J connectivity index is 1.58. The van der Waals surface area contributed by atoms with E-state index in [1.54, 1.807) is 23.1 Å². The van der Waals surface area contributed by atoms with E-state index in [9.17, 15) is 9.59 Å². The molecule has 0 aliphatic rings. The van der Waals surface area contributed by atoms with Crippen LogP contribution in [-0.2, 0) is 11.3 Å². The first-order valence-corrected chi connectivity index (χ1v) is 9.68. The Morgan fingerprint density at radius 2 is 1.87 bits per heavy atom. The Kier molecular flexibility index (Phi) is 6.95. The summed E-state index contributed by atoms with van der Waals surface area (Å²) >= 11 is 0. The molecule has 0 spiro atoms. The highest BCUT2D eigenvalue weighted by atomic mass is 16.5. The molecule has 152 valence electrons. The number of carbonyl (C=O) groups is 2. The topological polar surface area (TPSA) is 99.2 Å². The van der Waals surface area contributed by atoms with Gasteiger partial charge in [-0.2, -0.15) is 5.26 Å².